The SMILES string of the molecule is Cc1ccc(C(C)Nc2ccc(C(=O)NC(C)C)cc2)s1. The van der Waals surface area contributed by atoms with E-state index in [-0.39, 0.29) is 18.0 Å². The minimum atomic E-state index is -0.0292. The van der Waals surface area contributed by atoms with Crippen molar-refractivity contribution >= 4 is 22.9 Å². The van der Waals surface area contributed by atoms with Crippen LogP contribution in [0.2, 0.25) is 0 Å². The normalized spacial score (nSPS) is 12.2. The van der Waals surface area contributed by atoms with Gasteiger partial charge in [0.2, 0.25) is 0 Å². The van der Waals surface area contributed by atoms with Gasteiger partial charge in [0.25, 0.3) is 5.91 Å². The molecule has 0 saturated heterocycles. The van der Waals surface area contributed by atoms with Gasteiger partial charge in [-0.05, 0) is 64.1 Å². The summed E-state index contributed by atoms with van der Waals surface area (Å²) >= 11 is 1.80. The van der Waals surface area contributed by atoms with Crippen LogP contribution in [0.4, 0.5) is 5.69 Å². The maximum atomic E-state index is 11.9. The Morgan fingerprint density at radius 2 is 1.71 bits per heavy atom. The van der Waals surface area contributed by atoms with E-state index in [0.717, 1.165) is 5.69 Å². The third kappa shape index (κ3) is 4.33. The lowest BCUT2D eigenvalue weighted by atomic mass is 10.1. The molecule has 1 atom stereocenters. The lowest BCUT2D eigenvalue weighted by Crippen LogP contribution is -2.29. The van der Waals surface area contributed by atoms with Crippen LogP contribution in [-0.4, -0.2) is 11.9 Å². The first kappa shape index (κ1) is 15.6. The highest BCUT2D eigenvalue weighted by Gasteiger charge is 2.09. The van der Waals surface area contributed by atoms with Gasteiger partial charge in [0.05, 0.1) is 6.04 Å². The van der Waals surface area contributed by atoms with E-state index in [1.165, 1.54) is 9.75 Å². The molecule has 1 aromatic heterocycles. The Bertz CT molecular complexity index is 602. The molecule has 0 radical (unpaired) electrons. The third-order valence-electron chi connectivity index (χ3n) is 3.14. The van der Waals surface area contributed by atoms with Crippen molar-refractivity contribution in [3.05, 3.63) is 51.7 Å². The van der Waals surface area contributed by atoms with E-state index >= 15 is 0 Å². The smallest absolute Gasteiger partial charge is 0.251 e. The summed E-state index contributed by atoms with van der Waals surface area (Å²) in [5.74, 6) is -0.0292. The predicted octanol–water partition coefficient (Wildman–Crippen LogP) is 4.37. The van der Waals surface area contributed by atoms with Crippen LogP contribution in [0.3, 0.4) is 0 Å². The molecule has 0 aliphatic carbocycles. The lowest BCUT2D eigenvalue weighted by Gasteiger charge is -2.14. The first-order chi connectivity index (χ1) is 9.95. The fraction of sp³-hybridized carbons (Fsp3) is 0.353. The van der Waals surface area contributed by atoms with Crippen LogP contribution < -0.4 is 10.6 Å². The van der Waals surface area contributed by atoms with E-state index in [2.05, 4.69) is 36.6 Å². The van der Waals surface area contributed by atoms with Crippen LogP contribution in [0.25, 0.3) is 0 Å². The molecule has 1 amide bonds. The van der Waals surface area contributed by atoms with Gasteiger partial charge in [-0.1, -0.05) is 0 Å². The summed E-state index contributed by atoms with van der Waals surface area (Å²) in [5, 5.41) is 6.35. The van der Waals surface area contributed by atoms with Crippen LogP contribution in [0.5, 0.6) is 0 Å². The molecule has 1 heterocycles. The fourth-order valence-corrected chi connectivity index (χ4v) is 2.95. The van der Waals surface area contributed by atoms with Gasteiger partial charge in [0.1, 0.15) is 0 Å². The minimum Gasteiger partial charge on any atom is -0.378 e. The predicted molar refractivity (Wildman–Crippen MR) is 90.1 cm³/mol. The number of carbonyl (C=O) groups excluding carboxylic acids is 1. The molecule has 2 rings (SSSR count). The molecule has 4 heteroatoms. The van der Waals surface area contributed by atoms with E-state index < -0.39 is 0 Å². The molecule has 0 spiro atoms. The zero-order valence-electron chi connectivity index (χ0n) is 12.9. The maximum absolute atomic E-state index is 11.9. The highest BCUT2D eigenvalue weighted by molar-refractivity contribution is 7.12. The number of rotatable bonds is 5. The summed E-state index contributed by atoms with van der Waals surface area (Å²) in [6, 6.07) is 12.3. The molecule has 0 bridgehead atoms. The standard InChI is InChI=1S/C17H22N2OS/c1-11(2)18-17(20)14-6-8-15(9-7-14)19-13(4)16-10-5-12(3)21-16/h5-11,13,19H,1-4H3,(H,18,20). The first-order valence-corrected chi connectivity index (χ1v) is 8.01. The van der Waals surface area contributed by atoms with Crippen molar-refractivity contribution in [2.45, 2.75) is 39.8 Å². The highest BCUT2D eigenvalue weighted by Crippen LogP contribution is 2.25. The number of aryl methyl sites for hydroxylation is 1. The van der Waals surface area contributed by atoms with Crippen molar-refractivity contribution in [2.24, 2.45) is 0 Å². The second-order valence-corrected chi connectivity index (χ2v) is 6.84. The molecule has 0 saturated carbocycles. The molecule has 0 fully saturated rings. The second kappa shape index (κ2) is 6.76. The Kier molecular flexibility index (Phi) is 5.02. The summed E-state index contributed by atoms with van der Waals surface area (Å²) in [7, 11) is 0. The molecule has 2 N–H and O–H groups in total. The van der Waals surface area contributed by atoms with Crippen molar-refractivity contribution < 1.29 is 4.79 Å². The quantitative estimate of drug-likeness (QED) is 0.861. The van der Waals surface area contributed by atoms with Gasteiger partial charge in [-0.15, -0.1) is 11.3 Å². The van der Waals surface area contributed by atoms with Crippen LogP contribution >= 0.6 is 11.3 Å². The van der Waals surface area contributed by atoms with E-state index in [4.69, 9.17) is 0 Å². The highest BCUT2D eigenvalue weighted by atomic mass is 32.1. The van der Waals surface area contributed by atoms with Gasteiger partial charge < -0.3 is 10.6 Å². The molecule has 0 aliphatic heterocycles. The van der Waals surface area contributed by atoms with E-state index in [0.29, 0.717) is 5.56 Å². The molecule has 3 nitrogen and oxygen atoms in total. The third-order valence-corrected chi connectivity index (χ3v) is 4.32. The molecule has 1 unspecified atom stereocenters. The van der Waals surface area contributed by atoms with Gasteiger partial charge in [-0.3, -0.25) is 4.79 Å². The lowest BCUT2D eigenvalue weighted by molar-refractivity contribution is 0.0943. The largest absolute Gasteiger partial charge is 0.378 e. The number of thiophene rings is 1. The summed E-state index contributed by atoms with van der Waals surface area (Å²) in [4.78, 5) is 14.5. The second-order valence-electron chi connectivity index (χ2n) is 5.52. The first-order valence-electron chi connectivity index (χ1n) is 7.19. The van der Waals surface area contributed by atoms with Crippen molar-refractivity contribution in [3.8, 4) is 0 Å². The van der Waals surface area contributed by atoms with Crippen molar-refractivity contribution in [3.63, 3.8) is 0 Å². The molecule has 2 aromatic rings. The number of anilines is 1. The Morgan fingerprint density at radius 1 is 1.05 bits per heavy atom. The summed E-state index contributed by atoms with van der Waals surface area (Å²) in [6.45, 7) is 8.17. The van der Waals surface area contributed by atoms with E-state index in [1.54, 1.807) is 11.3 Å². The van der Waals surface area contributed by atoms with Crippen molar-refractivity contribution in [2.75, 3.05) is 5.32 Å². The average Bonchev–Trinajstić information content (AvgIpc) is 2.85. The summed E-state index contributed by atoms with van der Waals surface area (Å²) in [6.07, 6.45) is 0. The average molecular weight is 302 g/mol. The molecular weight excluding hydrogens is 280 g/mol. The molecular formula is C17H22N2OS. The Balaban J connectivity index is 2.00. The minimum absolute atomic E-state index is 0.0292. The Labute approximate surface area is 130 Å². The Hall–Kier alpha value is -1.81. The molecule has 112 valence electrons. The van der Waals surface area contributed by atoms with Gasteiger partial charge in [-0.2, -0.15) is 0 Å². The fourth-order valence-electron chi connectivity index (χ4n) is 2.07. The number of hydrogen-bond acceptors (Lipinski definition) is 3. The molecule has 1 aromatic carbocycles. The Morgan fingerprint density at radius 3 is 2.24 bits per heavy atom. The zero-order valence-corrected chi connectivity index (χ0v) is 13.8. The molecule has 21 heavy (non-hydrogen) atoms. The van der Waals surface area contributed by atoms with E-state index in [9.17, 15) is 4.79 Å². The zero-order chi connectivity index (χ0) is 15.4. The van der Waals surface area contributed by atoms with Crippen molar-refractivity contribution in [1.82, 2.24) is 5.32 Å². The van der Waals surface area contributed by atoms with Gasteiger partial charge in [-0.25, -0.2) is 0 Å². The van der Waals surface area contributed by atoms with Crippen molar-refractivity contribution in [1.29, 1.82) is 0 Å². The topological polar surface area (TPSA) is 41.1 Å². The van der Waals surface area contributed by atoms with Crippen LogP contribution in [0, 0.1) is 6.92 Å². The number of benzene rings is 1. The van der Waals surface area contributed by atoms with Gasteiger partial charge >= 0.3 is 0 Å². The maximum Gasteiger partial charge on any atom is 0.251 e. The summed E-state index contributed by atoms with van der Waals surface area (Å²) in [5.41, 5.74) is 1.71. The van der Waals surface area contributed by atoms with Gasteiger partial charge in [0.15, 0.2) is 0 Å². The number of nitrogens with one attached hydrogen (secondary N) is 2. The number of amides is 1. The van der Waals surface area contributed by atoms with Gasteiger partial charge in [0, 0.05) is 27.0 Å². The summed E-state index contributed by atoms with van der Waals surface area (Å²) < 4.78 is 0. The monoisotopic (exact) mass is 302 g/mol. The van der Waals surface area contributed by atoms with E-state index in [1.807, 2.05) is 38.1 Å². The number of hydrogen-bond donors (Lipinski definition) is 2. The van der Waals surface area contributed by atoms with Crippen LogP contribution in [-0.2, 0) is 0 Å². The van der Waals surface area contributed by atoms with Crippen LogP contribution in [0.1, 0.15) is 46.9 Å². The molecule has 0 aliphatic rings. The van der Waals surface area contributed by atoms with Crippen LogP contribution in [0.15, 0.2) is 36.4 Å². The number of carbonyl (C=O) groups is 1.